The molecule has 0 heterocycles. The molecular weight excluding hydrogens is 1280 g/mol. The quantitative estimate of drug-likeness (QED) is 0.0169. The van der Waals surface area contributed by atoms with Crippen LogP contribution in [0.4, 0.5) is 0 Å². The fraction of sp³-hybridized carbons (Fsp3) is 0.747. The normalized spacial score (nSPS) is 14.5. The number of aliphatic hydroxyl groups excluding tert-OH is 1. The molecule has 0 amide bonds. The van der Waals surface area contributed by atoms with Crippen molar-refractivity contribution in [3.05, 3.63) is 97.2 Å². The van der Waals surface area contributed by atoms with Gasteiger partial charge in [0.15, 0.2) is 12.2 Å². The highest BCUT2D eigenvalue weighted by molar-refractivity contribution is 7.47. The van der Waals surface area contributed by atoms with E-state index in [0.29, 0.717) is 32.1 Å². The maximum atomic E-state index is 13.1. The molecule has 5 unspecified atom stereocenters. The Hall–Kier alpha value is -4.02. The Balaban J connectivity index is 5.37. The molecule has 3 N–H and O–H groups in total. The Bertz CT molecular complexity index is 2240. The van der Waals surface area contributed by atoms with Crippen LogP contribution in [0, 0.1) is 0 Å². The molecule has 0 rings (SSSR count). The van der Waals surface area contributed by atoms with Crippen molar-refractivity contribution in [1.29, 1.82) is 0 Å². The number of unbranched alkanes of at least 4 members (excludes halogenated alkanes) is 30. The van der Waals surface area contributed by atoms with E-state index < -0.39 is 97.5 Å². The molecule has 0 radical (unpaired) electrons. The van der Waals surface area contributed by atoms with Crippen molar-refractivity contribution < 1.29 is 80.2 Å². The molecule has 0 bridgehead atoms. The summed E-state index contributed by atoms with van der Waals surface area (Å²) in [7, 11) is -9.96. The van der Waals surface area contributed by atoms with Gasteiger partial charge in [-0.1, -0.05) is 273 Å². The molecule has 19 heteroatoms. The van der Waals surface area contributed by atoms with Crippen molar-refractivity contribution in [3.8, 4) is 0 Å². The molecule has 0 spiro atoms. The molecule has 0 saturated carbocycles. The van der Waals surface area contributed by atoms with Gasteiger partial charge in [0, 0.05) is 25.7 Å². The molecule has 0 aromatic rings. The summed E-state index contributed by atoms with van der Waals surface area (Å²) in [5.41, 5.74) is 0. The number of esters is 4. The van der Waals surface area contributed by atoms with Crippen LogP contribution in [0.5, 0.6) is 0 Å². The van der Waals surface area contributed by atoms with Gasteiger partial charge in [0.1, 0.15) is 19.3 Å². The van der Waals surface area contributed by atoms with Crippen LogP contribution in [-0.4, -0.2) is 96.7 Å². The van der Waals surface area contributed by atoms with Crippen molar-refractivity contribution in [1.82, 2.24) is 0 Å². The van der Waals surface area contributed by atoms with E-state index in [4.69, 9.17) is 37.0 Å². The summed E-state index contributed by atoms with van der Waals surface area (Å²) in [5, 5.41) is 10.6. The lowest BCUT2D eigenvalue weighted by Crippen LogP contribution is -2.30. The van der Waals surface area contributed by atoms with Crippen LogP contribution in [0.3, 0.4) is 0 Å². The molecule has 5 atom stereocenters. The minimum Gasteiger partial charge on any atom is -0.462 e. The first-order valence-corrected chi connectivity index (χ1v) is 41.5. The van der Waals surface area contributed by atoms with Crippen LogP contribution in [-0.2, 0) is 65.4 Å². The van der Waals surface area contributed by atoms with E-state index >= 15 is 0 Å². The Kier molecular flexibility index (Phi) is 68.4. The number of hydrogen-bond donors (Lipinski definition) is 3. The second kappa shape index (κ2) is 71.4. The van der Waals surface area contributed by atoms with E-state index in [1.54, 1.807) is 0 Å². The predicted octanol–water partition coefficient (Wildman–Crippen LogP) is 22.0. The SMILES string of the molecule is CC/C=C\C/C=C\C/C=C\C/C=C\CCCCC(=O)OC(COC(=O)CCCCCCCCC/C=C\C/C=C\C/C=C\CC)COP(=O)(O)OCC(O)COP(=O)(O)OCC(COC(=O)CCCCCCC/C=C\CCCCCC)OC(=O)CCCCCCCCCCCCCCC. The molecule has 17 nitrogen and oxygen atoms in total. The van der Waals surface area contributed by atoms with Crippen molar-refractivity contribution in [3.63, 3.8) is 0 Å². The van der Waals surface area contributed by atoms with Gasteiger partial charge in [-0.05, 0) is 122 Å². The highest BCUT2D eigenvalue weighted by Gasteiger charge is 2.30. The fourth-order valence-corrected chi connectivity index (χ4v) is 11.8. The fourth-order valence-electron chi connectivity index (χ4n) is 10.2. The number of rotatable bonds is 72. The predicted molar refractivity (Wildman–Crippen MR) is 399 cm³/mol. The Morgan fingerprint density at radius 1 is 0.296 bits per heavy atom. The van der Waals surface area contributed by atoms with E-state index in [1.165, 1.54) is 77.0 Å². The minimum absolute atomic E-state index is 0.0403. The van der Waals surface area contributed by atoms with Crippen LogP contribution in [0.2, 0.25) is 0 Å². The van der Waals surface area contributed by atoms with Crippen LogP contribution >= 0.6 is 15.6 Å². The summed E-state index contributed by atoms with van der Waals surface area (Å²) in [6.07, 6.45) is 74.0. The maximum absolute atomic E-state index is 13.1. The van der Waals surface area contributed by atoms with Crippen molar-refractivity contribution >= 4 is 39.5 Å². The first kappa shape index (κ1) is 94.0. The lowest BCUT2D eigenvalue weighted by atomic mass is 10.0. The number of phosphoric acid groups is 2. The van der Waals surface area contributed by atoms with Gasteiger partial charge >= 0.3 is 39.5 Å². The number of carbonyl (C=O) groups excluding carboxylic acids is 4. The molecule has 0 aliphatic carbocycles. The molecule has 98 heavy (non-hydrogen) atoms. The van der Waals surface area contributed by atoms with Crippen molar-refractivity contribution in [2.75, 3.05) is 39.6 Å². The average Bonchev–Trinajstić information content (AvgIpc) is 1.02. The summed E-state index contributed by atoms with van der Waals surface area (Å²) < 4.78 is 68.4. The van der Waals surface area contributed by atoms with Crippen LogP contribution in [0.15, 0.2) is 97.2 Å². The molecule has 0 aliphatic heterocycles. The topological polar surface area (TPSA) is 237 Å². The number of aliphatic hydroxyl groups is 1. The second-order valence-corrected chi connectivity index (χ2v) is 28.4. The summed E-state index contributed by atoms with van der Waals surface area (Å²) in [6, 6.07) is 0. The van der Waals surface area contributed by atoms with E-state index in [0.717, 1.165) is 161 Å². The zero-order chi connectivity index (χ0) is 71.8. The third kappa shape index (κ3) is 70.4. The number of phosphoric ester groups is 2. The highest BCUT2D eigenvalue weighted by Crippen LogP contribution is 2.45. The number of allylic oxidation sites excluding steroid dienone is 16. The third-order valence-corrected chi connectivity index (χ3v) is 17.9. The lowest BCUT2D eigenvalue weighted by Gasteiger charge is -2.21. The summed E-state index contributed by atoms with van der Waals surface area (Å²) in [5.74, 6) is -2.23. The van der Waals surface area contributed by atoms with Gasteiger partial charge in [0.2, 0.25) is 0 Å². The first-order valence-electron chi connectivity index (χ1n) is 38.5. The minimum atomic E-state index is -4.99. The molecule has 566 valence electrons. The molecule has 0 aliphatic rings. The lowest BCUT2D eigenvalue weighted by molar-refractivity contribution is -0.161. The number of ether oxygens (including phenoxy) is 4. The third-order valence-electron chi connectivity index (χ3n) is 16.0. The van der Waals surface area contributed by atoms with Gasteiger partial charge in [-0.2, -0.15) is 0 Å². The summed E-state index contributed by atoms with van der Waals surface area (Å²) in [4.78, 5) is 72.8. The zero-order valence-corrected chi connectivity index (χ0v) is 63.5. The largest absolute Gasteiger partial charge is 0.472 e. The van der Waals surface area contributed by atoms with E-state index in [-0.39, 0.29) is 25.7 Å². The van der Waals surface area contributed by atoms with Gasteiger partial charge in [-0.15, -0.1) is 0 Å². The van der Waals surface area contributed by atoms with Crippen LogP contribution in [0.25, 0.3) is 0 Å². The van der Waals surface area contributed by atoms with Crippen LogP contribution in [0.1, 0.15) is 323 Å². The summed E-state index contributed by atoms with van der Waals surface area (Å²) in [6.45, 7) is 4.59. The average molecular weight is 1420 g/mol. The van der Waals surface area contributed by atoms with Gasteiger partial charge < -0.3 is 33.8 Å². The number of hydrogen-bond acceptors (Lipinski definition) is 15. The molecule has 0 aromatic heterocycles. The van der Waals surface area contributed by atoms with E-state index in [9.17, 15) is 43.2 Å². The molecular formula is C79H138O17P2. The Morgan fingerprint density at radius 2 is 0.531 bits per heavy atom. The van der Waals surface area contributed by atoms with Crippen molar-refractivity contribution in [2.45, 2.75) is 341 Å². The van der Waals surface area contributed by atoms with Crippen LogP contribution < -0.4 is 0 Å². The van der Waals surface area contributed by atoms with E-state index in [1.807, 2.05) is 0 Å². The van der Waals surface area contributed by atoms with E-state index in [2.05, 4.69) is 125 Å². The molecule has 0 aromatic carbocycles. The molecule has 0 saturated heterocycles. The monoisotopic (exact) mass is 1420 g/mol. The highest BCUT2D eigenvalue weighted by atomic mass is 31.2. The van der Waals surface area contributed by atoms with Gasteiger partial charge in [0.25, 0.3) is 0 Å². The number of carbonyl (C=O) groups is 4. The zero-order valence-electron chi connectivity index (χ0n) is 61.7. The maximum Gasteiger partial charge on any atom is 0.472 e. The van der Waals surface area contributed by atoms with Crippen molar-refractivity contribution in [2.24, 2.45) is 0 Å². The summed E-state index contributed by atoms with van der Waals surface area (Å²) >= 11 is 0. The Morgan fingerprint density at radius 3 is 0.857 bits per heavy atom. The second-order valence-electron chi connectivity index (χ2n) is 25.5. The smallest absolute Gasteiger partial charge is 0.462 e. The van der Waals surface area contributed by atoms with Gasteiger partial charge in [-0.3, -0.25) is 37.3 Å². The van der Waals surface area contributed by atoms with Gasteiger partial charge in [-0.25, -0.2) is 9.13 Å². The molecule has 0 fully saturated rings. The first-order chi connectivity index (χ1) is 47.7. The van der Waals surface area contributed by atoms with Gasteiger partial charge in [0.05, 0.1) is 26.4 Å². The Labute approximate surface area is 595 Å². The standard InChI is InChI=1S/C79H138O17P2/c1-5-9-13-17-21-25-29-33-35-36-38-41-44-48-52-56-60-64-77(82)90-70-75(96-79(84)66-62-58-54-50-46-42-37-34-30-26-22-18-14-10-6-2)72-94-98(87,88)92-68-73(80)67-91-97(85,86)93-71-74(95-78(83)65-61-57-53-49-45-40-32-28-24-20-16-12-8-4)69-89-76(81)63-59-55-51-47-43-39-31-27-23-19-15-11-7-3/h9-10,13-14,21-22,25-27,31,33-35,37,46,50,73-75,80H,5-8,11-12,15-20,23-24,28-30,32,36,38-45,47-49,51-72H2,1-4H3,(H,85,86)(H,87,88)/b13-9-,14-10-,25-21-,26-22-,31-27-,35-33-,37-34-,50-46-.